The molecule has 0 fully saturated rings. The van der Waals surface area contributed by atoms with Crippen molar-refractivity contribution in [3.63, 3.8) is 0 Å². The van der Waals surface area contributed by atoms with E-state index in [0.717, 1.165) is 16.8 Å². The van der Waals surface area contributed by atoms with Crippen molar-refractivity contribution < 1.29 is 9.28 Å². The van der Waals surface area contributed by atoms with Crippen LogP contribution in [0.25, 0.3) is 0 Å². The smallest absolute Gasteiger partial charge is 0.186 e. The highest BCUT2D eigenvalue weighted by atomic mass is 127. The molecule has 2 nitrogen and oxygen atoms in total. The van der Waals surface area contributed by atoms with Crippen LogP contribution in [0.5, 0.6) is 0 Å². The number of carbonyl (C=O) groups is 1. The molecule has 0 saturated heterocycles. The highest BCUT2D eigenvalue weighted by Crippen LogP contribution is 2.02. The summed E-state index contributed by atoms with van der Waals surface area (Å²) in [6.45, 7) is 2.66. The standard InChI is InChI=1S/C7H16NOS.HI/c1-7(9)10-6-5-8(2,3)4;/h5-6H2,1-4H3;1H/q+1;. The Kier molecular flexibility index (Phi) is 8.10. The summed E-state index contributed by atoms with van der Waals surface area (Å²) in [6.07, 6.45) is 0. The minimum absolute atomic E-state index is 0. The molecule has 68 valence electrons. The number of hydrogen-bond donors (Lipinski definition) is 0. The Morgan fingerprint density at radius 3 is 2.09 bits per heavy atom. The molecule has 0 atom stereocenters. The molecule has 0 heterocycles. The summed E-state index contributed by atoms with van der Waals surface area (Å²) in [5.74, 6) is 0.929. The molecule has 0 aromatic rings. The maximum Gasteiger partial charge on any atom is 0.186 e. The minimum atomic E-state index is 0. The Balaban J connectivity index is 0. The van der Waals surface area contributed by atoms with Gasteiger partial charge >= 0.3 is 0 Å². The maximum absolute atomic E-state index is 10.5. The predicted molar refractivity (Wildman–Crippen MR) is 61.5 cm³/mol. The molecule has 0 aromatic heterocycles. The molecule has 11 heavy (non-hydrogen) atoms. The van der Waals surface area contributed by atoms with E-state index in [4.69, 9.17) is 0 Å². The molecule has 0 spiro atoms. The van der Waals surface area contributed by atoms with Crippen molar-refractivity contribution in [1.29, 1.82) is 0 Å². The average molecular weight is 290 g/mol. The lowest BCUT2D eigenvalue weighted by Crippen LogP contribution is -2.36. The van der Waals surface area contributed by atoms with E-state index < -0.39 is 0 Å². The summed E-state index contributed by atoms with van der Waals surface area (Å²) < 4.78 is 0.931. The molecule has 0 radical (unpaired) electrons. The third kappa shape index (κ3) is 13.7. The highest BCUT2D eigenvalue weighted by Gasteiger charge is 2.06. The van der Waals surface area contributed by atoms with Crippen LogP contribution in [0.15, 0.2) is 0 Å². The second-order valence-corrected chi connectivity index (χ2v) is 4.63. The fourth-order valence-corrected chi connectivity index (χ4v) is 1.39. The van der Waals surface area contributed by atoms with Gasteiger partial charge in [0.15, 0.2) is 5.12 Å². The molecular weight excluding hydrogens is 273 g/mol. The Hall–Kier alpha value is 0.710. The van der Waals surface area contributed by atoms with Gasteiger partial charge in [-0.05, 0) is 0 Å². The van der Waals surface area contributed by atoms with Crippen molar-refractivity contribution in [2.75, 3.05) is 33.4 Å². The summed E-state index contributed by atoms with van der Waals surface area (Å²) in [6, 6.07) is 0. The van der Waals surface area contributed by atoms with E-state index in [1.165, 1.54) is 11.8 Å². The van der Waals surface area contributed by atoms with E-state index in [-0.39, 0.29) is 29.1 Å². The maximum atomic E-state index is 10.5. The second-order valence-electron chi connectivity index (χ2n) is 3.35. The zero-order valence-corrected chi connectivity index (χ0v) is 10.7. The van der Waals surface area contributed by atoms with Crippen LogP contribution in [0, 0.1) is 0 Å². The van der Waals surface area contributed by atoms with E-state index >= 15 is 0 Å². The van der Waals surface area contributed by atoms with Crippen LogP contribution in [-0.4, -0.2) is 43.0 Å². The number of thioether (sulfide) groups is 1. The molecule has 0 aromatic carbocycles. The number of carbonyl (C=O) groups excluding carboxylic acids is 1. The predicted octanol–water partition coefficient (Wildman–Crippen LogP) is 1.59. The normalized spacial score (nSPS) is 10.5. The van der Waals surface area contributed by atoms with Crippen molar-refractivity contribution >= 4 is 40.9 Å². The summed E-state index contributed by atoms with van der Waals surface area (Å²) in [4.78, 5) is 10.5. The first-order valence-electron chi connectivity index (χ1n) is 3.35. The summed E-state index contributed by atoms with van der Waals surface area (Å²) >= 11 is 1.40. The molecule has 0 unspecified atom stereocenters. The van der Waals surface area contributed by atoms with Gasteiger partial charge in [-0.15, -0.1) is 24.0 Å². The third-order valence-corrected chi connectivity index (χ3v) is 1.86. The highest BCUT2D eigenvalue weighted by molar-refractivity contribution is 14.0. The largest absolute Gasteiger partial charge is 0.330 e. The fraction of sp³-hybridized carbons (Fsp3) is 0.857. The van der Waals surface area contributed by atoms with Gasteiger partial charge in [0.05, 0.1) is 33.4 Å². The summed E-state index contributed by atoms with van der Waals surface area (Å²) in [5.41, 5.74) is 0. The Bertz CT molecular complexity index is 122. The average Bonchev–Trinajstić information content (AvgIpc) is 1.59. The van der Waals surface area contributed by atoms with Crippen molar-refractivity contribution in [3.05, 3.63) is 0 Å². The Labute approximate surface area is 90.3 Å². The van der Waals surface area contributed by atoms with Gasteiger partial charge in [-0.25, -0.2) is 0 Å². The first-order valence-corrected chi connectivity index (χ1v) is 4.34. The van der Waals surface area contributed by atoms with Crippen LogP contribution in [0.1, 0.15) is 6.92 Å². The molecule has 0 aliphatic rings. The zero-order valence-electron chi connectivity index (χ0n) is 7.59. The lowest BCUT2D eigenvalue weighted by atomic mass is 10.6. The van der Waals surface area contributed by atoms with Gasteiger partial charge < -0.3 is 4.48 Å². The van der Waals surface area contributed by atoms with Crippen LogP contribution in [0.3, 0.4) is 0 Å². The monoisotopic (exact) mass is 290 g/mol. The van der Waals surface area contributed by atoms with Gasteiger partial charge in [0.2, 0.25) is 0 Å². The van der Waals surface area contributed by atoms with Crippen LogP contribution < -0.4 is 0 Å². The van der Waals surface area contributed by atoms with Crippen LogP contribution >= 0.6 is 35.7 Å². The fourth-order valence-electron chi connectivity index (χ4n) is 0.463. The van der Waals surface area contributed by atoms with E-state index in [1.807, 2.05) is 0 Å². The van der Waals surface area contributed by atoms with Gasteiger partial charge in [0.1, 0.15) is 0 Å². The number of quaternary nitrogens is 1. The molecule has 0 amide bonds. The zero-order chi connectivity index (χ0) is 8.20. The molecule has 0 rings (SSSR count). The minimum Gasteiger partial charge on any atom is -0.330 e. The van der Waals surface area contributed by atoms with Crippen molar-refractivity contribution in [2.24, 2.45) is 0 Å². The topological polar surface area (TPSA) is 17.1 Å². The summed E-state index contributed by atoms with van der Waals surface area (Å²) in [5, 5.41) is 0.216. The molecule has 0 aliphatic heterocycles. The van der Waals surface area contributed by atoms with Gasteiger partial charge in [0.25, 0.3) is 0 Å². The molecule has 0 aliphatic carbocycles. The van der Waals surface area contributed by atoms with Crippen LogP contribution in [0.4, 0.5) is 0 Å². The van der Waals surface area contributed by atoms with E-state index in [2.05, 4.69) is 21.1 Å². The van der Waals surface area contributed by atoms with Crippen molar-refractivity contribution in [1.82, 2.24) is 0 Å². The molecule has 0 N–H and O–H groups in total. The van der Waals surface area contributed by atoms with Gasteiger partial charge in [0, 0.05) is 6.92 Å². The third-order valence-electron chi connectivity index (χ3n) is 1.07. The van der Waals surface area contributed by atoms with Gasteiger partial charge in [-0.3, -0.25) is 4.79 Å². The van der Waals surface area contributed by atoms with Crippen LogP contribution in [-0.2, 0) is 4.79 Å². The number of halogens is 1. The molecule has 0 saturated carbocycles. The summed E-state index contributed by atoms with van der Waals surface area (Å²) in [7, 11) is 6.38. The molecular formula is C7H17INOS+. The second kappa shape index (κ2) is 6.25. The number of rotatable bonds is 3. The van der Waals surface area contributed by atoms with Crippen molar-refractivity contribution in [3.8, 4) is 0 Å². The quantitative estimate of drug-likeness (QED) is 0.580. The van der Waals surface area contributed by atoms with E-state index in [0.29, 0.717) is 0 Å². The van der Waals surface area contributed by atoms with E-state index in [1.54, 1.807) is 6.92 Å². The first-order chi connectivity index (χ1) is 4.42. The molecule has 0 bridgehead atoms. The van der Waals surface area contributed by atoms with Crippen LogP contribution in [0.2, 0.25) is 0 Å². The first kappa shape index (κ1) is 14.2. The number of hydrogen-bond acceptors (Lipinski definition) is 2. The number of nitrogens with zero attached hydrogens (tertiary/aromatic N) is 1. The van der Waals surface area contributed by atoms with Gasteiger partial charge in [-0.1, -0.05) is 11.8 Å². The van der Waals surface area contributed by atoms with Gasteiger partial charge in [-0.2, -0.15) is 0 Å². The Morgan fingerprint density at radius 1 is 1.36 bits per heavy atom. The van der Waals surface area contributed by atoms with Crippen molar-refractivity contribution in [2.45, 2.75) is 6.92 Å². The Morgan fingerprint density at radius 2 is 1.82 bits per heavy atom. The molecule has 4 heteroatoms. The SMILES string of the molecule is CC(=O)SCC[N+](C)(C)C.I. The van der Waals surface area contributed by atoms with E-state index in [9.17, 15) is 4.79 Å². The lowest BCUT2D eigenvalue weighted by Gasteiger charge is -2.22. The lowest BCUT2D eigenvalue weighted by molar-refractivity contribution is -0.867.